The number of tetrazole rings is 1. The van der Waals surface area contributed by atoms with Gasteiger partial charge in [-0.1, -0.05) is 13.0 Å². The Morgan fingerprint density at radius 3 is 2.25 bits per heavy atom. The van der Waals surface area contributed by atoms with E-state index in [1.807, 2.05) is 32.4 Å². The first kappa shape index (κ1) is 20.9. The van der Waals surface area contributed by atoms with Crippen LogP contribution in [-0.4, -0.2) is 59.1 Å². The van der Waals surface area contributed by atoms with Crippen LogP contribution in [0.25, 0.3) is 0 Å². The van der Waals surface area contributed by atoms with Crippen molar-refractivity contribution in [1.82, 2.24) is 24.5 Å². The molecule has 0 unspecified atom stereocenters. The van der Waals surface area contributed by atoms with Crippen molar-refractivity contribution in [3.05, 3.63) is 34.1 Å². The van der Waals surface area contributed by atoms with E-state index in [1.54, 1.807) is 4.31 Å². The minimum absolute atomic E-state index is 0.486. The quantitative estimate of drug-likeness (QED) is 0.750. The Balaban J connectivity index is 1.73. The molecule has 0 spiro atoms. The highest BCUT2D eigenvalue weighted by Gasteiger charge is 2.33. The molecule has 2 heterocycles. The van der Waals surface area contributed by atoms with E-state index < -0.39 is 10.0 Å². The fourth-order valence-electron chi connectivity index (χ4n) is 3.88. The summed E-state index contributed by atoms with van der Waals surface area (Å²) in [6.45, 7) is 13.9. The van der Waals surface area contributed by atoms with E-state index in [1.165, 1.54) is 4.90 Å². The number of hydrogen-bond acceptors (Lipinski definition) is 5. The fraction of sp³-hybridized carbons (Fsp3) is 0.632. The molecule has 9 heteroatoms. The minimum atomic E-state index is -3.50. The van der Waals surface area contributed by atoms with Crippen molar-refractivity contribution in [3.8, 4) is 0 Å². The third kappa shape index (κ3) is 3.97. The number of hydrogen-bond donors (Lipinski definition) is 1. The molecular weight excluding hydrogens is 376 g/mol. The van der Waals surface area contributed by atoms with Crippen LogP contribution in [0.1, 0.15) is 41.4 Å². The van der Waals surface area contributed by atoms with Crippen LogP contribution in [0, 0.1) is 27.7 Å². The van der Waals surface area contributed by atoms with Crippen molar-refractivity contribution >= 4 is 10.0 Å². The zero-order valence-electron chi connectivity index (χ0n) is 17.5. The molecule has 0 atom stereocenters. The molecule has 0 bridgehead atoms. The van der Waals surface area contributed by atoms with Crippen LogP contribution in [0.4, 0.5) is 0 Å². The maximum Gasteiger partial charge on any atom is 0.244 e. The van der Waals surface area contributed by atoms with Gasteiger partial charge < -0.3 is 4.90 Å². The van der Waals surface area contributed by atoms with Gasteiger partial charge in [0.15, 0.2) is 0 Å². The number of nitrogens with zero attached hydrogens (tertiary/aromatic N) is 5. The van der Waals surface area contributed by atoms with Crippen LogP contribution in [0.2, 0.25) is 0 Å². The molecule has 8 nitrogen and oxygen atoms in total. The van der Waals surface area contributed by atoms with Gasteiger partial charge in [0.05, 0.1) is 31.1 Å². The summed E-state index contributed by atoms with van der Waals surface area (Å²) in [4.78, 5) is 1.80. The van der Waals surface area contributed by atoms with Crippen LogP contribution in [-0.2, 0) is 23.1 Å². The standard InChI is InChI=1S/C19H30N6O2S/c1-6-7-25-18(20-21-22-25)13-23-8-10-24(11-9-23)28(26,27)19-16(4)14(2)12-15(3)17(19)5/h12H,6-11,13H2,1-5H3/p+1. The van der Waals surface area contributed by atoms with E-state index in [2.05, 4.69) is 28.5 Å². The molecule has 1 fully saturated rings. The average molecular weight is 408 g/mol. The summed E-state index contributed by atoms with van der Waals surface area (Å²) in [7, 11) is -3.50. The second kappa shape index (κ2) is 8.26. The number of rotatable bonds is 6. The van der Waals surface area contributed by atoms with Crippen LogP contribution in [0.5, 0.6) is 0 Å². The summed E-state index contributed by atoms with van der Waals surface area (Å²) in [6, 6.07) is 2.06. The van der Waals surface area contributed by atoms with E-state index in [4.69, 9.17) is 0 Å². The Labute approximate surface area is 167 Å². The van der Waals surface area contributed by atoms with Gasteiger partial charge in [-0.15, -0.1) is 5.10 Å². The van der Waals surface area contributed by atoms with E-state index in [0.29, 0.717) is 18.0 Å². The van der Waals surface area contributed by atoms with Crippen LogP contribution in [0.3, 0.4) is 0 Å². The molecule has 28 heavy (non-hydrogen) atoms. The molecule has 1 aliphatic heterocycles. The number of quaternary nitrogens is 1. The zero-order chi connectivity index (χ0) is 20.5. The molecule has 2 aromatic rings. The third-order valence-corrected chi connectivity index (χ3v) is 7.95. The predicted molar refractivity (Wildman–Crippen MR) is 107 cm³/mol. The Morgan fingerprint density at radius 2 is 1.68 bits per heavy atom. The summed E-state index contributed by atoms with van der Waals surface area (Å²) in [5, 5.41) is 12.0. The highest BCUT2D eigenvalue weighted by Crippen LogP contribution is 2.28. The third-order valence-electron chi connectivity index (χ3n) is 5.77. The SMILES string of the molecule is CCCn1nnnc1C[NH+]1CCN(S(=O)(=O)c2c(C)c(C)cc(C)c2C)CC1. The predicted octanol–water partition coefficient (Wildman–Crippen LogP) is 0.406. The maximum absolute atomic E-state index is 13.4. The lowest BCUT2D eigenvalue weighted by Crippen LogP contribution is -3.13. The summed E-state index contributed by atoms with van der Waals surface area (Å²) >= 11 is 0. The van der Waals surface area contributed by atoms with Gasteiger partial charge in [0.25, 0.3) is 0 Å². The summed E-state index contributed by atoms with van der Waals surface area (Å²) in [5.74, 6) is 0.870. The first-order chi connectivity index (χ1) is 13.3. The summed E-state index contributed by atoms with van der Waals surface area (Å²) < 4.78 is 30.2. The Kier molecular flexibility index (Phi) is 6.16. The van der Waals surface area contributed by atoms with Crippen LogP contribution < -0.4 is 4.90 Å². The normalized spacial score (nSPS) is 16.6. The topological polar surface area (TPSA) is 85.4 Å². The number of piperazine rings is 1. The van der Waals surface area contributed by atoms with Gasteiger partial charge in [0, 0.05) is 6.54 Å². The number of aromatic nitrogens is 4. The smallest absolute Gasteiger partial charge is 0.244 e. The largest absolute Gasteiger partial charge is 0.326 e. The van der Waals surface area contributed by atoms with Gasteiger partial charge in [-0.3, -0.25) is 0 Å². The van der Waals surface area contributed by atoms with Crippen molar-refractivity contribution in [2.45, 2.75) is 59.0 Å². The van der Waals surface area contributed by atoms with Crippen molar-refractivity contribution < 1.29 is 13.3 Å². The van der Waals surface area contributed by atoms with E-state index in [0.717, 1.165) is 60.7 Å². The van der Waals surface area contributed by atoms with Crippen molar-refractivity contribution in [2.75, 3.05) is 26.2 Å². The molecule has 1 aliphatic rings. The molecule has 0 radical (unpaired) electrons. The van der Waals surface area contributed by atoms with Crippen LogP contribution >= 0.6 is 0 Å². The Hall–Kier alpha value is -1.84. The van der Waals surface area contributed by atoms with Gasteiger partial charge in [-0.2, -0.15) is 4.31 Å². The Morgan fingerprint density at radius 1 is 1.07 bits per heavy atom. The molecule has 3 rings (SSSR count). The molecule has 1 saturated heterocycles. The second-order valence-corrected chi connectivity index (χ2v) is 9.61. The zero-order valence-corrected chi connectivity index (χ0v) is 18.3. The number of benzene rings is 1. The molecule has 154 valence electrons. The highest BCUT2D eigenvalue weighted by molar-refractivity contribution is 7.89. The molecule has 1 aromatic carbocycles. The van der Waals surface area contributed by atoms with Crippen LogP contribution in [0.15, 0.2) is 11.0 Å². The van der Waals surface area contributed by atoms with E-state index in [-0.39, 0.29) is 0 Å². The number of sulfonamides is 1. The van der Waals surface area contributed by atoms with Gasteiger partial charge in [-0.05, 0) is 66.8 Å². The Bertz CT molecular complexity index is 919. The molecule has 0 saturated carbocycles. The first-order valence-electron chi connectivity index (χ1n) is 9.91. The lowest BCUT2D eigenvalue weighted by molar-refractivity contribution is -0.918. The lowest BCUT2D eigenvalue weighted by Gasteiger charge is -2.32. The minimum Gasteiger partial charge on any atom is -0.326 e. The number of nitrogens with one attached hydrogen (secondary N) is 1. The van der Waals surface area contributed by atoms with Crippen molar-refractivity contribution in [2.24, 2.45) is 0 Å². The summed E-state index contributed by atoms with van der Waals surface area (Å²) in [5.41, 5.74) is 3.76. The highest BCUT2D eigenvalue weighted by atomic mass is 32.2. The van der Waals surface area contributed by atoms with E-state index >= 15 is 0 Å². The van der Waals surface area contributed by atoms with Gasteiger partial charge in [0.1, 0.15) is 6.54 Å². The summed E-state index contributed by atoms with van der Waals surface area (Å²) in [6.07, 6.45) is 0.980. The lowest BCUT2D eigenvalue weighted by atomic mass is 10.0. The molecule has 0 amide bonds. The van der Waals surface area contributed by atoms with Gasteiger partial charge in [-0.25, -0.2) is 13.1 Å². The van der Waals surface area contributed by atoms with E-state index in [9.17, 15) is 8.42 Å². The molecule has 1 aromatic heterocycles. The molecule has 0 aliphatic carbocycles. The van der Waals surface area contributed by atoms with Gasteiger partial charge in [0.2, 0.25) is 15.8 Å². The molecule has 1 N–H and O–H groups in total. The number of aryl methyl sites for hydroxylation is 3. The first-order valence-corrected chi connectivity index (χ1v) is 11.4. The van der Waals surface area contributed by atoms with Gasteiger partial charge >= 0.3 is 0 Å². The fourth-order valence-corrected chi connectivity index (χ4v) is 5.89. The van der Waals surface area contributed by atoms with Crippen molar-refractivity contribution in [3.63, 3.8) is 0 Å². The monoisotopic (exact) mass is 407 g/mol. The average Bonchev–Trinajstić information content (AvgIpc) is 3.08. The van der Waals surface area contributed by atoms with Crippen molar-refractivity contribution in [1.29, 1.82) is 0 Å². The second-order valence-electron chi connectivity index (χ2n) is 7.74. The maximum atomic E-state index is 13.4. The molecular formula is C19H31N6O2S+.